The first-order valence-corrected chi connectivity index (χ1v) is 5.82. The van der Waals surface area contributed by atoms with E-state index in [9.17, 15) is 0 Å². The van der Waals surface area contributed by atoms with E-state index in [4.69, 9.17) is 17.0 Å². The molecule has 84 valence electrons. The molecule has 0 saturated carbocycles. The Morgan fingerprint density at radius 2 is 2.38 bits per heavy atom. The number of aromatic nitrogens is 3. The van der Waals surface area contributed by atoms with Crippen LogP contribution in [0.25, 0.3) is 5.82 Å². The first-order chi connectivity index (χ1) is 7.70. The Morgan fingerprint density at radius 1 is 1.56 bits per heavy atom. The third-order valence-corrected chi connectivity index (χ3v) is 2.78. The maximum Gasteiger partial charge on any atom is 0.152 e. The van der Waals surface area contributed by atoms with Gasteiger partial charge in [-0.05, 0) is 34.1 Å². The van der Waals surface area contributed by atoms with Crippen LogP contribution in [-0.4, -0.2) is 21.9 Å². The molecule has 0 aromatic carbocycles. The van der Waals surface area contributed by atoms with Crippen molar-refractivity contribution < 1.29 is 4.74 Å². The zero-order valence-electron chi connectivity index (χ0n) is 8.61. The van der Waals surface area contributed by atoms with Gasteiger partial charge in [0.2, 0.25) is 0 Å². The van der Waals surface area contributed by atoms with Crippen LogP contribution in [0.15, 0.2) is 28.9 Å². The Morgan fingerprint density at radius 3 is 3.00 bits per heavy atom. The van der Waals surface area contributed by atoms with Gasteiger partial charge in [-0.25, -0.2) is 9.67 Å². The standard InChI is InChI=1S/C10H10BrN3OS/c1-15-6-8-4-10(16)14(13-8)9-3-2-7(11)5-12-9/h2-5,13H,6H2,1H3. The van der Waals surface area contributed by atoms with Crippen LogP contribution in [0.3, 0.4) is 0 Å². The van der Waals surface area contributed by atoms with Crippen LogP contribution in [0.5, 0.6) is 0 Å². The molecule has 2 rings (SSSR count). The van der Waals surface area contributed by atoms with E-state index in [2.05, 4.69) is 26.0 Å². The fraction of sp³-hybridized carbons (Fsp3) is 0.200. The molecule has 2 aromatic rings. The SMILES string of the molecule is COCc1cc(=S)n(-c2ccc(Br)cn2)[nH]1. The van der Waals surface area contributed by atoms with Gasteiger partial charge < -0.3 is 4.74 Å². The predicted octanol–water partition coefficient (Wildman–Crippen LogP) is 2.84. The van der Waals surface area contributed by atoms with E-state index in [-0.39, 0.29) is 0 Å². The lowest BCUT2D eigenvalue weighted by molar-refractivity contribution is 0.181. The Hall–Kier alpha value is -0.980. The number of hydrogen-bond acceptors (Lipinski definition) is 3. The van der Waals surface area contributed by atoms with Crippen LogP contribution < -0.4 is 0 Å². The highest BCUT2D eigenvalue weighted by molar-refractivity contribution is 9.10. The van der Waals surface area contributed by atoms with Gasteiger partial charge in [0.05, 0.1) is 12.3 Å². The summed E-state index contributed by atoms with van der Waals surface area (Å²) in [5, 5.41) is 3.13. The lowest BCUT2D eigenvalue weighted by Gasteiger charge is -2.01. The topological polar surface area (TPSA) is 42.8 Å². The quantitative estimate of drug-likeness (QED) is 0.886. The van der Waals surface area contributed by atoms with Crippen LogP contribution in [0.1, 0.15) is 5.69 Å². The Labute approximate surface area is 106 Å². The molecule has 0 saturated heterocycles. The van der Waals surface area contributed by atoms with E-state index < -0.39 is 0 Å². The zero-order valence-corrected chi connectivity index (χ0v) is 11.0. The second-order valence-corrected chi connectivity index (χ2v) is 4.56. The number of aromatic amines is 1. The largest absolute Gasteiger partial charge is 0.378 e. The molecule has 1 N–H and O–H groups in total. The minimum atomic E-state index is 0.507. The molecule has 0 radical (unpaired) electrons. The lowest BCUT2D eigenvalue weighted by Crippen LogP contribution is -2.00. The molecular weight excluding hydrogens is 290 g/mol. The molecule has 0 aliphatic rings. The molecule has 0 amide bonds. The fourth-order valence-electron chi connectivity index (χ4n) is 1.34. The Balaban J connectivity index is 2.40. The van der Waals surface area contributed by atoms with E-state index in [0.717, 1.165) is 16.0 Å². The number of ether oxygens (including phenoxy) is 1. The third-order valence-electron chi connectivity index (χ3n) is 2.01. The van der Waals surface area contributed by atoms with Crippen LogP contribution in [0.4, 0.5) is 0 Å². The third kappa shape index (κ3) is 2.40. The number of hydrogen-bond donors (Lipinski definition) is 1. The van der Waals surface area contributed by atoms with Crippen molar-refractivity contribution in [2.45, 2.75) is 6.61 Å². The number of nitrogens with zero attached hydrogens (tertiary/aromatic N) is 2. The summed E-state index contributed by atoms with van der Waals surface area (Å²) in [6.45, 7) is 0.507. The van der Waals surface area contributed by atoms with Gasteiger partial charge in [0.15, 0.2) is 5.82 Å². The normalized spacial score (nSPS) is 10.6. The van der Waals surface area contributed by atoms with E-state index in [1.165, 1.54) is 0 Å². The summed E-state index contributed by atoms with van der Waals surface area (Å²) in [5.74, 6) is 0.760. The number of nitrogens with one attached hydrogen (secondary N) is 1. The van der Waals surface area contributed by atoms with Crippen molar-refractivity contribution >= 4 is 28.1 Å². The Kier molecular flexibility index (Phi) is 3.52. The van der Waals surface area contributed by atoms with Crippen molar-refractivity contribution in [1.29, 1.82) is 0 Å². The number of H-pyrrole nitrogens is 1. The van der Waals surface area contributed by atoms with E-state index in [1.54, 1.807) is 18.0 Å². The molecule has 0 fully saturated rings. The summed E-state index contributed by atoms with van der Waals surface area (Å²) < 4.78 is 8.40. The molecule has 16 heavy (non-hydrogen) atoms. The summed E-state index contributed by atoms with van der Waals surface area (Å²) in [4.78, 5) is 4.26. The van der Waals surface area contributed by atoms with Gasteiger partial charge in [-0.1, -0.05) is 12.2 Å². The molecule has 0 unspecified atom stereocenters. The lowest BCUT2D eigenvalue weighted by atomic mass is 10.4. The summed E-state index contributed by atoms with van der Waals surface area (Å²) in [6, 6.07) is 5.66. The molecule has 0 atom stereocenters. The molecule has 0 aliphatic heterocycles. The highest BCUT2D eigenvalue weighted by atomic mass is 79.9. The van der Waals surface area contributed by atoms with E-state index in [0.29, 0.717) is 11.2 Å². The number of rotatable bonds is 3. The maximum absolute atomic E-state index is 5.23. The fourth-order valence-corrected chi connectivity index (χ4v) is 1.86. The average molecular weight is 300 g/mol. The molecule has 0 aliphatic carbocycles. The first-order valence-electron chi connectivity index (χ1n) is 4.62. The molecule has 4 nitrogen and oxygen atoms in total. The summed E-state index contributed by atoms with van der Waals surface area (Å²) >= 11 is 8.56. The number of methoxy groups -OCH3 is 1. The van der Waals surface area contributed by atoms with Gasteiger partial charge in [0.1, 0.15) is 4.64 Å². The molecule has 2 heterocycles. The summed E-state index contributed by atoms with van der Waals surface area (Å²) in [7, 11) is 1.64. The minimum absolute atomic E-state index is 0.507. The first kappa shape index (κ1) is 11.5. The minimum Gasteiger partial charge on any atom is -0.378 e. The van der Waals surface area contributed by atoms with Crippen molar-refractivity contribution in [1.82, 2.24) is 14.8 Å². The van der Waals surface area contributed by atoms with Crippen molar-refractivity contribution in [3.63, 3.8) is 0 Å². The second-order valence-electron chi connectivity index (χ2n) is 3.22. The zero-order chi connectivity index (χ0) is 11.5. The van der Waals surface area contributed by atoms with Gasteiger partial charge in [-0.2, -0.15) is 0 Å². The Bertz CT molecular complexity index is 532. The van der Waals surface area contributed by atoms with Crippen molar-refractivity contribution in [2.75, 3.05) is 7.11 Å². The van der Waals surface area contributed by atoms with Gasteiger partial charge in [-0.3, -0.25) is 5.10 Å². The van der Waals surface area contributed by atoms with Gasteiger partial charge >= 0.3 is 0 Å². The smallest absolute Gasteiger partial charge is 0.152 e. The molecule has 0 spiro atoms. The summed E-state index contributed by atoms with van der Waals surface area (Å²) in [5.41, 5.74) is 0.928. The molecule has 0 bridgehead atoms. The summed E-state index contributed by atoms with van der Waals surface area (Å²) in [6.07, 6.45) is 1.73. The monoisotopic (exact) mass is 299 g/mol. The highest BCUT2D eigenvalue weighted by Crippen LogP contribution is 2.11. The van der Waals surface area contributed by atoms with E-state index >= 15 is 0 Å². The molecule has 6 heteroatoms. The van der Waals surface area contributed by atoms with Crippen molar-refractivity contribution in [2.24, 2.45) is 0 Å². The van der Waals surface area contributed by atoms with Crippen LogP contribution in [-0.2, 0) is 11.3 Å². The molecular formula is C10H10BrN3OS. The number of halogens is 1. The second kappa shape index (κ2) is 4.90. The average Bonchev–Trinajstić information content (AvgIpc) is 2.61. The van der Waals surface area contributed by atoms with Gasteiger partial charge in [-0.15, -0.1) is 0 Å². The van der Waals surface area contributed by atoms with Gasteiger partial charge in [0.25, 0.3) is 0 Å². The molecule has 2 aromatic heterocycles. The van der Waals surface area contributed by atoms with E-state index in [1.807, 2.05) is 18.2 Å². The van der Waals surface area contributed by atoms with Crippen molar-refractivity contribution in [3.05, 3.63) is 39.2 Å². The highest BCUT2D eigenvalue weighted by Gasteiger charge is 2.03. The predicted molar refractivity (Wildman–Crippen MR) is 67.2 cm³/mol. The van der Waals surface area contributed by atoms with Crippen LogP contribution >= 0.6 is 28.1 Å². The van der Waals surface area contributed by atoms with Crippen LogP contribution in [0.2, 0.25) is 0 Å². The van der Waals surface area contributed by atoms with Gasteiger partial charge in [0, 0.05) is 17.8 Å². The van der Waals surface area contributed by atoms with Crippen LogP contribution in [0, 0.1) is 4.64 Å². The van der Waals surface area contributed by atoms with Crippen molar-refractivity contribution in [3.8, 4) is 5.82 Å². The number of pyridine rings is 1. The maximum atomic E-state index is 5.23.